The van der Waals surface area contributed by atoms with Crippen molar-refractivity contribution in [1.29, 1.82) is 0 Å². The van der Waals surface area contributed by atoms with E-state index in [0.717, 1.165) is 32.0 Å². The number of aromatic nitrogens is 2. The lowest BCUT2D eigenvalue weighted by Gasteiger charge is -2.55. The zero-order chi connectivity index (χ0) is 12.3. The van der Waals surface area contributed by atoms with Gasteiger partial charge in [-0.1, -0.05) is 12.8 Å². The summed E-state index contributed by atoms with van der Waals surface area (Å²) < 4.78 is 7.08. The second-order valence-corrected chi connectivity index (χ2v) is 6.00. The molecule has 5 heteroatoms. The molecule has 1 spiro atoms. The highest BCUT2D eigenvalue weighted by Gasteiger charge is 2.49. The Morgan fingerprint density at radius 3 is 2.83 bits per heavy atom. The Bertz CT molecular complexity index is 624. The molecule has 2 aromatic heterocycles. The lowest BCUT2D eigenvalue weighted by Crippen LogP contribution is -2.66. The fraction of sp³-hybridized carbons (Fsp3) is 0.462. The maximum Gasteiger partial charge on any atom is 0.150 e. The summed E-state index contributed by atoms with van der Waals surface area (Å²) >= 11 is 4.37. The van der Waals surface area contributed by atoms with Crippen molar-refractivity contribution in [2.24, 2.45) is 5.41 Å². The lowest BCUT2D eigenvalue weighted by molar-refractivity contribution is -0.127. The number of nitrogens with zero attached hydrogens (tertiary/aromatic N) is 3. The molecule has 0 bridgehead atoms. The normalized spacial score (nSPS) is 21.1. The number of anilines is 1. The van der Waals surface area contributed by atoms with E-state index in [1.165, 1.54) is 16.6 Å². The van der Waals surface area contributed by atoms with E-state index < -0.39 is 0 Å². The Labute approximate surface area is 111 Å². The van der Waals surface area contributed by atoms with Gasteiger partial charge in [-0.2, -0.15) is 0 Å². The van der Waals surface area contributed by atoms with E-state index in [1.54, 1.807) is 3.97 Å². The second kappa shape index (κ2) is 3.42. The molecule has 0 amide bonds. The van der Waals surface area contributed by atoms with Crippen molar-refractivity contribution >= 4 is 29.5 Å². The topological polar surface area (TPSA) is 30.3 Å². The summed E-state index contributed by atoms with van der Waals surface area (Å²) in [5, 5.41) is 1.19. The van der Waals surface area contributed by atoms with Crippen molar-refractivity contribution in [3.05, 3.63) is 24.0 Å². The van der Waals surface area contributed by atoms with Gasteiger partial charge in [-0.3, -0.25) is 3.97 Å². The molecule has 2 fully saturated rings. The van der Waals surface area contributed by atoms with Crippen LogP contribution in [-0.2, 0) is 4.74 Å². The molecular weight excluding hydrogens is 246 g/mol. The predicted octanol–water partition coefficient (Wildman–Crippen LogP) is 1.87. The molecular formula is C13H15N3OS. The van der Waals surface area contributed by atoms with Gasteiger partial charge < -0.3 is 9.64 Å². The Hall–Kier alpha value is -1.20. The molecule has 4 nitrogen and oxygen atoms in total. The van der Waals surface area contributed by atoms with Crippen LogP contribution < -0.4 is 4.90 Å². The Morgan fingerprint density at radius 1 is 1.39 bits per heavy atom. The van der Waals surface area contributed by atoms with E-state index in [9.17, 15) is 0 Å². The van der Waals surface area contributed by atoms with Gasteiger partial charge in [0.05, 0.1) is 30.5 Å². The molecule has 0 aromatic carbocycles. The first kappa shape index (κ1) is 10.7. The highest BCUT2D eigenvalue weighted by atomic mass is 32.1. The third-order valence-corrected chi connectivity index (χ3v) is 4.35. The fourth-order valence-corrected chi connectivity index (χ4v) is 3.26. The van der Waals surface area contributed by atoms with Gasteiger partial charge in [-0.25, -0.2) is 4.98 Å². The van der Waals surface area contributed by atoms with Crippen LogP contribution in [0.5, 0.6) is 0 Å². The van der Waals surface area contributed by atoms with Crippen LogP contribution in [0.1, 0.15) is 5.56 Å². The van der Waals surface area contributed by atoms with Gasteiger partial charge >= 0.3 is 0 Å². The third-order valence-electron chi connectivity index (χ3n) is 4.04. The molecule has 4 rings (SSSR count). The summed E-state index contributed by atoms with van der Waals surface area (Å²) in [5.41, 5.74) is 3.81. The van der Waals surface area contributed by atoms with Crippen LogP contribution in [0.4, 0.5) is 5.69 Å². The summed E-state index contributed by atoms with van der Waals surface area (Å²) in [4.78, 5) is 6.89. The van der Waals surface area contributed by atoms with E-state index in [4.69, 9.17) is 4.74 Å². The van der Waals surface area contributed by atoms with Gasteiger partial charge in [-0.15, -0.1) is 0 Å². The number of aryl methyl sites for hydroxylation is 1. The number of pyridine rings is 1. The minimum Gasteiger partial charge on any atom is -0.380 e. The lowest BCUT2D eigenvalue weighted by atomic mass is 9.78. The molecule has 2 aliphatic rings. The first-order chi connectivity index (χ1) is 8.67. The maximum atomic E-state index is 5.30. The molecule has 0 unspecified atom stereocenters. The number of rotatable bonds is 1. The monoisotopic (exact) mass is 261 g/mol. The zero-order valence-corrected chi connectivity index (χ0v) is 11.2. The number of hydrogen-bond donors (Lipinski definition) is 1. The first-order valence-electron chi connectivity index (χ1n) is 6.17. The summed E-state index contributed by atoms with van der Waals surface area (Å²) in [6.45, 7) is 6.13. The molecule has 2 saturated heterocycles. The standard InChI is InChI=1S/C13H15N3OS/c1-9-4-16(18)12-11(9)2-10(3-14-12)15-5-13(6-15)7-17-8-13/h2-4,18H,5-8H2,1H3. The molecule has 0 N–H and O–H groups in total. The minimum atomic E-state index is 0.444. The quantitative estimate of drug-likeness (QED) is 0.795. The predicted molar refractivity (Wildman–Crippen MR) is 74.3 cm³/mol. The van der Waals surface area contributed by atoms with Crippen molar-refractivity contribution in [1.82, 2.24) is 8.96 Å². The van der Waals surface area contributed by atoms with Crippen LogP contribution in [0.15, 0.2) is 18.5 Å². The molecule has 0 saturated carbocycles. The molecule has 94 valence electrons. The van der Waals surface area contributed by atoms with Crippen molar-refractivity contribution in [2.75, 3.05) is 31.2 Å². The van der Waals surface area contributed by atoms with E-state index in [-0.39, 0.29) is 0 Å². The van der Waals surface area contributed by atoms with Crippen LogP contribution in [-0.4, -0.2) is 35.3 Å². The van der Waals surface area contributed by atoms with E-state index >= 15 is 0 Å². The number of fused-ring (bicyclic) bond motifs is 1. The van der Waals surface area contributed by atoms with E-state index in [1.807, 2.05) is 12.4 Å². The number of thiol groups is 1. The van der Waals surface area contributed by atoms with Gasteiger partial charge in [0.1, 0.15) is 5.65 Å². The van der Waals surface area contributed by atoms with Crippen LogP contribution >= 0.6 is 12.8 Å². The SMILES string of the molecule is Cc1cn(S)c2ncc(N3CC4(COC4)C3)cc12. The van der Waals surface area contributed by atoms with Gasteiger partial charge in [0.2, 0.25) is 0 Å². The van der Waals surface area contributed by atoms with Gasteiger partial charge in [-0.05, 0) is 18.6 Å². The van der Waals surface area contributed by atoms with E-state index in [2.05, 4.69) is 35.7 Å². The first-order valence-corrected chi connectivity index (χ1v) is 6.57. The van der Waals surface area contributed by atoms with Crippen molar-refractivity contribution < 1.29 is 4.74 Å². The second-order valence-electron chi connectivity index (χ2n) is 5.57. The molecule has 2 aromatic rings. The average Bonchev–Trinajstić information content (AvgIpc) is 2.51. The number of hydrogen-bond acceptors (Lipinski definition) is 4. The Morgan fingerprint density at radius 2 is 2.17 bits per heavy atom. The fourth-order valence-electron chi connectivity index (χ4n) is 2.93. The molecule has 0 radical (unpaired) electrons. The smallest absolute Gasteiger partial charge is 0.150 e. The zero-order valence-electron chi connectivity index (χ0n) is 10.3. The Kier molecular flexibility index (Phi) is 2.03. The highest BCUT2D eigenvalue weighted by molar-refractivity contribution is 7.78. The third kappa shape index (κ3) is 1.34. The summed E-state index contributed by atoms with van der Waals surface area (Å²) in [5.74, 6) is 0. The summed E-state index contributed by atoms with van der Waals surface area (Å²) in [6.07, 6.45) is 3.95. The van der Waals surface area contributed by atoms with E-state index in [0.29, 0.717) is 5.41 Å². The average molecular weight is 261 g/mol. The molecule has 0 atom stereocenters. The van der Waals surface area contributed by atoms with Crippen LogP contribution in [0.25, 0.3) is 11.0 Å². The van der Waals surface area contributed by atoms with Gasteiger partial charge in [0.25, 0.3) is 0 Å². The van der Waals surface area contributed by atoms with Gasteiger partial charge in [0.15, 0.2) is 0 Å². The number of ether oxygens (including phenoxy) is 1. The summed E-state index contributed by atoms with van der Waals surface area (Å²) in [7, 11) is 0. The minimum absolute atomic E-state index is 0.444. The van der Waals surface area contributed by atoms with Crippen LogP contribution in [0.3, 0.4) is 0 Å². The molecule has 2 aliphatic heterocycles. The van der Waals surface area contributed by atoms with Crippen LogP contribution in [0, 0.1) is 12.3 Å². The maximum absolute atomic E-state index is 5.30. The molecule has 18 heavy (non-hydrogen) atoms. The largest absolute Gasteiger partial charge is 0.380 e. The summed E-state index contributed by atoms with van der Waals surface area (Å²) in [6, 6.07) is 2.22. The van der Waals surface area contributed by atoms with Crippen molar-refractivity contribution in [3.8, 4) is 0 Å². The Balaban J connectivity index is 1.68. The molecule has 0 aliphatic carbocycles. The van der Waals surface area contributed by atoms with Gasteiger partial charge in [0, 0.05) is 24.7 Å². The highest BCUT2D eigenvalue weighted by Crippen LogP contribution is 2.40. The van der Waals surface area contributed by atoms with Crippen molar-refractivity contribution in [2.45, 2.75) is 6.92 Å². The molecule has 4 heterocycles. The van der Waals surface area contributed by atoms with Crippen molar-refractivity contribution in [3.63, 3.8) is 0 Å². The van der Waals surface area contributed by atoms with Crippen LogP contribution in [0.2, 0.25) is 0 Å².